The van der Waals surface area contributed by atoms with E-state index in [2.05, 4.69) is 50.4 Å². The summed E-state index contributed by atoms with van der Waals surface area (Å²) in [5.74, 6) is 1.58. The zero-order valence-corrected chi connectivity index (χ0v) is 13.9. The van der Waals surface area contributed by atoms with Crippen LogP contribution in [0.25, 0.3) is 0 Å². The molecule has 1 atom stereocenters. The lowest BCUT2D eigenvalue weighted by molar-refractivity contribution is 0.0584. The van der Waals surface area contributed by atoms with Crippen LogP contribution in [0, 0.1) is 18.8 Å². The average molecular weight is 289 g/mol. The minimum atomic E-state index is 0.569. The third-order valence-corrected chi connectivity index (χ3v) is 4.43. The summed E-state index contributed by atoms with van der Waals surface area (Å²) in [5, 5.41) is 3.64. The maximum absolute atomic E-state index is 5.50. The molecule has 0 aliphatic carbocycles. The molecular formula is C19H31NO. The van der Waals surface area contributed by atoms with Crippen molar-refractivity contribution in [1.82, 2.24) is 5.32 Å². The fourth-order valence-electron chi connectivity index (χ4n) is 3.27. The van der Waals surface area contributed by atoms with Crippen LogP contribution in [0.2, 0.25) is 0 Å². The Morgan fingerprint density at radius 2 is 2.00 bits per heavy atom. The molecule has 0 bridgehead atoms. The van der Waals surface area contributed by atoms with Crippen LogP contribution in [0.4, 0.5) is 0 Å². The van der Waals surface area contributed by atoms with Gasteiger partial charge in [0.1, 0.15) is 0 Å². The van der Waals surface area contributed by atoms with Crippen molar-refractivity contribution in [1.29, 1.82) is 0 Å². The van der Waals surface area contributed by atoms with E-state index in [1.807, 2.05) is 0 Å². The van der Waals surface area contributed by atoms with Gasteiger partial charge in [-0.1, -0.05) is 43.7 Å². The molecule has 1 N–H and O–H groups in total. The van der Waals surface area contributed by atoms with Gasteiger partial charge in [-0.15, -0.1) is 0 Å². The van der Waals surface area contributed by atoms with Gasteiger partial charge >= 0.3 is 0 Å². The van der Waals surface area contributed by atoms with Gasteiger partial charge in [0, 0.05) is 19.3 Å². The first kappa shape index (κ1) is 16.5. The van der Waals surface area contributed by atoms with Crippen molar-refractivity contribution in [3.63, 3.8) is 0 Å². The van der Waals surface area contributed by atoms with Gasteiger partial charge in [0.15, 0.2) is 0 Å². The lowest BCUT2D eigenvalue weighted by Crippen LogP contribution is -2.32. The van der Waals surface area contributed by atoms with Crippen LogP contribution < -0.4 is 5.32 Å². The summed E-state index contributed by atoms with van der Waals surface area (Å²) in [6.07, 6.45) is 5.01. The van der Waals surface area contributed by atoms with Crippen molar-refractivity contribution in [3.05, 3.63) is 35.4 Å². The van der Waals surface area contributed by atoms with E-state index in [1.165, 1.54) is 36.8 Å². The topological polar surface area (TPSA) is 21.3 Å². The second-order valence-corrected chi connectivity index (χ2v) is 6.91. The first-order valence-electron chi connectivity index (χ1n) is 8.50. The normalized spacial score (nSPS) is 18.1. The number of hydrogen-bond acceptors (Lipinski definition) is 2. The molecule has 1 heterocycles. The summed E-state index contributed by atoms with van der Waals surface area (Å²) in [6.45, 7) is 9.70. The fraction of sp³-hybridized carbons (Fsp3) is 0.684. The minimum Gasteiger partial charge on any atom is -0.381 e. The summed E-state index contributed by atoms with van der Waals surface area (Å²) >= 11 is 0. The van der Waals surface area contributed by atoms with Crippen LogP contribution in [-0.2, 0) is 11.2 Å². The monoisotopic (exact) mass is 289 g/mol. The summed E-state index contributed by atoms with van der Waals surface area (Å²) < 4.78 is 5.50. The molecule has 1 unspecified atom stereocenters. The maximum Gasteiger partial charge on any atom is 0.0468 e. The Bertz CT molecular complexity index is 410. The minimum absolute atomic E-state index is 0.569. The van der Waals surface area contributed by atoms with E-state index in [-0.39, 0.29) is 0 Å². The van der Waals surface area contributed by atoms with Crippen LogP contribution >= 0.6 is 0 Å². The molecule has 1 aromatic rings. The Hall–Kier alpha value is -0.860. The SMILES string of the molecule is Cc1cccc(CC(CNC(C)C)CC2CCOCC2)c1. The smallest absolute Gasteiger partial charge is 0.0468 e. The number of nitrogens with one attached hydrogen (secondary N) is 1. The number of benzene rings is 1. The van der Waals surface area contributed by atoms with Crippen molar-refractivity contribution < 1.29 is 4.74 Å². The molecule has 1 saturated heterocycles. The molecule has 2 rings (SSSR count). The van der Waals surface area contributed by atoms with Crippen LogP contribution in [0.5, 0.6) is 0 Å². The van der Waals surface area contributed by atoms with Gasteiger partial charge in [-0.2, -0.15) is 0 Å². The van der Waals surface area contributed by atoms with Gasteiger partial charge in [-0.3, -0.25) is 0 Å². The number of rotatable bonds is 7. The summed E-state index contributed by atoms with van der Waals surface area (Å²) in [5.41, 5.74) is 2.85. The van der Waals surface area contributed by atoms with Crippen LogP contribution in [0.3, 0.4) is 0 Å². The van der Waals surface area contributed by atoms with Crippen LogP contribution in [-0.4, -0.2) is 25.8 Å². The standard InChI is InChI=1S/C19H31NO/c1-15(2)20-14-19(12-17-7-9-21-10-8-17)13-18-6-4-5-16(3)11-18/h4-6,11,15,17,19-20H,7-10,12-14H2,1-3H3. The highest BCUT2D eigenvalue weighted by atomic mass is 16.5. The number of ether oxygens (including phenoxy) is 1. The third-order valence-electron chi connectivity index (χ3n) is 4.43. The second kappa shape index (κ2) is 8.55. The zero-order chi connectivity index (χ0) is 15.1. The van der Waals surface area contributed by atoms with Crippen LogP contribution in [0.1, 0.15) is 44.2 Å². The molecule has 0 spiro atoms. The highest BCUT2D eigenvalue weighted by Gasteiger charge is 2.20. The first-order valence-corrected chi connectivity index (χ1v) is 8.50. The molecule has 2 heteroatoms. The van der Waals surface area contributed by atoms with E-state index in [0.717, 1.165) is 31.6 Å². The Kier molecular flexibility index (Phi) is 6.72. The Morgan fingerprint density at radius 1 is 1.24 bits per heavy atom. The molecule has 2 nitrogen and oxygen atoms in total. The predicted octanol–water partition coefficient (Wildman–Crippen LogP) is 3.97. The highest BCUT2D eigenvalue weighted by Crippen LogP contribution is 2.25. The molecule has 0 radical (unpaired) electrons. The molecule has 118 valence electrons. The number of aryl methyl sites for hydroxylation is 1. The van der Waals surface area contributed by atoms with Gasteiger partial charge in [-0.05, 0) is 56.6 Å². The molecule has 1 fully saturated rings. The lowest BCUT2D eigenvalue weighted by atomic mass is 9.85. The average Bonchev–Trinajstić information content (AvgIpc) is 2.46. The summed E-state index contributed by atoms with van der Waals surface area (Å²) in [6, 6.07) is 9.56. The van der Waals surface area contributed by atoms with Gasteiger partial charge < -0.3 is 10.1 Å². The second-order valence-electron chi connectivity index (χ2n) is 6.91. The van der Waals surface area contributed by atoms with Crippen molar-refractivity contribution in [2.45, 2.75) is 52.5 Å². The summed E-state index contributed by atoms with van der Waals surface area (Å²) in [7, 11) is 0. The van der Waals surface area contributed by atoms with E-state index in [0.29, 0.717) is 6.04 Å². The van der Waals surface area contributed by atoms with Crippen molar-refractivity contribution in [2.75, 3.05) is 19.8 Å². The molecular weight excluding hydrogens is 258 g/mol. The van der Waals surface area contributed by atoms with Crippen molar-refractivity contribution in [2.24, 2.45) is 11.8 Å². The Morgan fingerprint density at radius 3 is 2.67 bits per heavy atom. The zero-order valence-electron chi connectivity index (χ0n) is 13.9. The Balaban J connectivity index is 1.93. The predicted molar refractivity (Wildman–Crippen MR) is 89.7 cm³/mol. The number of hydrogen-bond donors (Lipinski definition) is 1. The highest BCUT2D eigenvalue weighted by molar-refractivity contribution is 5.22. The molecule has 1 aromatic carbocycles. The Labute approximate surface area is 130 Å². The fourth-order valence-corrected chi connectivity index (χ4v) is 3.27. The van der Waals surface area contributed by atoms with Crippen molar-refractivity contribution in [3.8, 4) is 0 Å². The molecule has 0 aromatic heterocycles. The van der Waals surface area contributed by atoms with E-state index < -0.39 is 0 Å². The van der Waals surface area contributed by atoms with Gasteiger partial charge in [0.05, 0.1) is 0 Å². The lowest BCUT2D eigenvalue weighted by Gasteiger charge is -2.27. The quantitative estimate of drug-likeness (QED) is 0.820. The molecule has 0 saturated carbocycles. The van der Waals surface area contributed by atoms with E-state index in [1.54, 1.807) is 0 Å². The molecule has 0 amide bonds. The van der Waals surface area contributed by atoms with Gasteiger partial charge in [0.25, 0.3) is 0 Å². The van der Waals surface area contributed by atoms with E-state index >= 15 is 0 Å². The van der Waals surface area contributed by atoms with Gasteiger partial charge in [-0.25, -0.2) is 0 Å². The molecule has 1 aliphatic rings. The molecule has 21 heavy (non-hydrogen) atoms. The first-order chi connectivity index (χ1) is 10.1. The maximum atomic E-state index is 5.50. The van der Waals surface area contributed by atoms with E-state index in [4.69, 9.17) is 4.74 Å². The molecule has 1 aliphatic heterocycles. The van der Waals surface area contributed by atoms with Crippen molar-refractivity contribution >= 4 is 0 Å². The van der Waals surface area contributed by atoms with E-state index in [9.17, 15) is 0 Å². The summed E-state index contributed by atoms with van der Waals surface area (Å²) in [4.78, 5) is 0. The van der Waals surface area contributed by atoms with Crippen LogP contribution in [0.15, 0.2) is 24.3 Å². The van der Waals surface area contributed by atoms with Gasteiger partial charge in [0.2, 0.25) is 0 Å². The third kappa shape index (κ3) is 6.19. The largest absolute Gasteiger partial charge is 0.381 e.